The molecule has 0 aliphatic heterocycles. The molecule has 0 fully saturated rings. The number of fused-ring (bicyclic) bond motifs is 1. The summed E-state index contributed by atoms with van der Waals surface area (Å²) < 4.78 is 40.6. The molecule has 9 heteroatoms. The van der Waals surface area contributed by atoms with Crippen LogP contribution in [0, 0.1) is 6.92 Å². The lowest BCUT2D eigenvalue weighted by Crippen LogP contribution is -2.22. The summed E-state index contributed by atoms with van der Waals surface area (Å²) in [6, 6.07) is 19.0. The second-order valence-corrected chi connectivity index (χ2v) is 7.43. The third-order valence-electron chi connectivity index (χ3n) is 5.11. The number of nitrogens with one attached hydrogen (secondary N) is 1. The lowest BCUT2D eigenvalue weighted by molar-refractivity contribution is -0.119. The largest absolute Gasteiger partial charge is 0.455 e. The summed E-state index contributed by atoms with van der Waals surface area (Å²) in [5, 5.41) is 2.55. The van der Waals surface area contributed by atoms with E-state index in [1.165, 1.54) is 42.5 Å². The van der Waals surface area contributed by atoms with E-state index in [9.17, 15) is 23.2 Å². The van der Waals surface area contributed by atoms with E-state index in [0.717, 1.165) is 0 Å². The van der Waals surface area contributed by atoms with Gasteiger partial charge in [0.05, 0.1) is 11.1 Å². The Kier molecular flexibility index (Phi) is 6.86. The van der Waals surface area contributed by atoms with Crippen molar-refractivity contribution in [3.63, 3.8) is 0 Å². The second kappa shape index (κ2) is 10.2. The third kappa shape index (κ3) is 5.19. The SMILES string of the molecule is Cc1c(-c2ccccc2)oc2c(C(=O)OCC(=O)Nc3ccccc3OC(F)F)cccc2c1=O. The number of halogens is 2. The lowest BCUT2D eigenvalue weighted by atomic mass is 10.0. The predicted molar refractivity (Wildman–Crippen MR) is 125 cm³/mol. The highest BCUT2D eigenvalue weighted by atomic mass is 19.3. The minimum Gasteiger partial charge on any atom is -0.455 e. The van der Waals surface area contributed by atoms with Crippen molar-refractivity contribution in [2.24, 2.45) is 0 Å². The van der Waals surface area contributed by atoms with Crippen molar-refractivity contribution in [1.29, 1.82) is 0 Å². The number of carbonyl (C=O) groups is 2. The van der Waals surface area contributed by atoms with Crippen LogP contribution in [0.1, 0.15) is 15.9 Å². The normalized spacial score (nSPS) is 10.9. The summed E-state index contributed by atoms with van der Waals surface area (Å²) in [5.74, 6) is -1.58. The maximum absolute atomic E-state index is 12.9. The smallest absolute Gasteiger partial charge is 0.387 e. The minimum absolute atomic E-state index is 0.00650. The molecule has 35 heavy (non-hydrogen) atoms. The van der Waals surface area contributed by atoms with Gasteiger partial charge in [0.15, 0.2) is 17.6 Å². The molecule has 0 saturated heterocycles. The molecule has 3 aromatic carbocycles. The van der Waals surface area contributed by atoms with E-state index in [4.69, 9.17) is 9.15 Å². The zero-order valence-corrected chi connectivity index (χ0v) is 18.4. The highest BCUT2D eigenvalue weighted by Gasteiger charge is 2.20. The third-order valence-corrected chi connectivity index (χ3v) is 5.11. The molecule has 178 valence electrons. The summed E-state index contributed by atoms with van der Waals surface area (Å²) in [6.45, 7) is -2.14. The van der Waals surface area contributed by atoms with E-state index >= 15 is 0 Å². The van der Waals surface area contributed by atoms with Crippen LogP contribution >= 0.6 is 0 Å². The number of ether oxygens (including phenoxy) is 2. The van der Waals surface area contributed by atoms with E-state index in [-0.39, 0.29) is 33.4 Å². The van der Waals surface area contributed by atoms with Crippen molar-refractivity contribution < 1.29 is 32.3 Å². The molecule has 4 aromatic rings. The number of para-hydroxylation sites is 3. The first kappa shape index (κ1) is 23.6. The van der Waals surface area contributed by atoms with E-state index in [1.807, 2.05) is 6.07 Å². The Morgan fingerprint density at radius 2 is 1.69 bits per heavy atom. The summed E-state index contributed by atoms with van der Waals surface area (Å²) >= 11 is 0. The van der Waals surface area contributed by atoms with Crippen molar-refractivity contribution in [3.8, 4) is 17.1 Å². The number of anilines is 1. The van der Waals surface area contributed by atoms with E-state index < -0.39 is 25.1 Å². The van der Waals surface area contributed by atoms with Crippen LogP contribution in [0.3, 0.4) is 0 Å². The first-order valence-electron chi connectivity index (χ1n) is 10.5. The van der Waals surface area contributed by atoms with Crippen molar-refractivity contribution >= 4 is 28.5 Å². The molecule has 0 aliphatic rings. The number of benzene rings is 3. The van der Waals surface area contributed by atoms with Gasteiger partial charge in [-0.1, -0.05) is 48.5 Å². The van der Waals surface area contributed by atoms with Gasteiger partial charge in [-0.05, 0) is 31.2 Å². The average molecular weight is 479 g/mol. The van der Waals surface area contributed by atoms with Gasteiger partial charge in [-0.25, -0.2) is 4.79 Å². The molecule has 1 aromatic heterocycles. The molecule has 1 amide bonds. The molecule has 0 aliphatic carbocycles. The van der Waals surface area contributed by atoms with Gasteiger partial charge in [-0.15, -0.1) is 0 Å². The zero-order valence-electron chi connectivity index (χ0n) is 18.4. The Morgan fingerprint density at radius 1 is 0.971 bits per heavy atom. The van der Waals surface area contributed by atoms with Gasteiger partial charge in [-0.2, -0.15) is 8.78 Å². The van der Waals surface area contributed by atoms with Crippen LogP contribution in [0.2, 0.25) is 0 Å². The van der Waals surface area contributed by atoms with Crippen LogP contribution in [0.4, 0.5) is 14.5 Å². The van der Waals surface area contributed by atoms with Crippen LogP contribution < -0.4 is 15.5 Å². The van der Waals surface area contributed by atoms with Crippen LogP contribution in [0.25, 0.3) is 22.3 Å². The maximum Gasteiger partial charge on any atom is 0.387 e. The maximum atomic E-state index is 12.9. The molecular formula is C26H19F2NO6. The van der Waals surface area contributed by atoms with Crippen molar-refractivity contribution in [3.05, 3.63) is 94.1 Å². The molecule has 0 bridgehead atoms. The van der Waals surface area contributed by atoms with Crippen LogP contribution in [-0.2, 0) is 9.53 Å². The van der Waals surface area contributed by atoms with Crippen molar-refractivity contribution in [2.75, 3.05) is 11.9 Å². The molecular weight excluding hydrogens is 460 g/mol. The number of esters is 1. The van der Waals surface area contributed by atoms with Crippen LogP contribution in [-0.4, -0.2) is 25.1 Å². The minimum atomic E-state index is -3.07. The highest BCUT2D eigenvalue weighted by Crippen LogP contribution is 2.28. The molecule has 0 unspecified atom stereocenters. The summed E-state index contributed by atoms with van der Waals surface area (Å²) in [7, 11) is 0. The second-order valence-electron chi connectivity index (χ2n) is 7.43. The van der Waals surface area contributed by atoms with Crippen molar-refractivity contribution in [2.45, 2.75) is 13.5 Å². The lowest BCUT2D eigenvalue weighted by Gasteiger charge is -2.12. The number of alkyl halides is 2. The molecule has 1 heterocycles. The molecule has 0 spiro atoms. The van der Waals surface area contributed by atoms with Crippen LogP contribution in [0.15, 0.2) is 82.0 Å². The molecule has 1 N–H and O–H groups in total. The number of hydrogen-bond donors (Lipinski definition) is 1. The quantitative estimate of drug-likeness (QED) is 0.368. The Bertz CT molecular complexity index is 1450. The van der Waals surface area contributed by atoms with Gasteiger partial charge in [-0.3, -0.25) is 9.59 Å². The van der Waals surface area contributed by atoms with E-state index in [1.54, 1.807) is 31.2 Å². The first-order valence-corrected chi connectivity index (χ1v) is 10.5. The fraction of sp³-hybridized carbons (Fsp3) is 0.115. The fourth-order valence-electron chi connectivity index (χ4n) is 3.50. The summed E-state index contributed by atoms with van der Waals surface area (Å²) in [5.41, 5.74) is 0.740. The molecule has 0 saturated carbocycles. The molecule has 4 rings (SSSR count). The highest BCUT2D eigenvalue weighted by molar-refractivity contribution is 6.03. The molecule has 0 atom stereocenters. The standard InChI is InChI=1S/C26H19F2NO6/c1-15-22(31)17-10-7-11-18(24(17)35-23(15)16-8-3-2-4-9-16)25(32)33-14-21(30)29-19-12-5-6-13-20(19)34-26(27)28/h2-13,26H,14H2,1H3,(H,29,30). The topological polar surface area (TPSA) is 94.8 Å². The van der Waals surface area contributed by atoms with Crippen molar-refractivity contribution in [1.82, 2.24) is 0 Å². The van der Waals surface area contributed by atoms with Gasteiger partial charge in [0.25, 0.3) is 5.91 Å². The Morgan fingerprint density at radius 3 is 2.43 bits per heavy atom. The molecule has 0 radical (unpaired) electrons. The Hall–Kier alpha value is -4.53. The predicted octanol–water partition coefficient (Wildman–Crippen LogP) is 5.17. The Labute approximate surface area is 197 Å². The van der Waals surface area contributed by atoms with Gasteiger partial charge in [0.2, 0.25) is 0 Å². The monoisotopic (exact) mass is 479 g/mol. The van der Waals surface area contributed by atoms with Crippen LogP contribution in [0.5, 0.6) is 5.75 Å². The average Bonchev–Trinajstić information content (AvgIpc) is 2.86. The fourth-order valence-corrected chi connectivity index (χ4v) is 3.50. The number of hydrogen-bond acceptors (Lipinski definition) is 6. The zero-order chi connectivity index (χ0) is 24.9. The summed E-state index contributed by atoms with van der Waals surface area (Å²) in [4.78, 5) is 38.0. The summed E-state index contributed by atoms with van der Waals surface area (Å²) in [6.07, 6.45) is 0. The van der Waals surface area contributed by atoms with E-state index in [0.29, 0.717) is 16.9 Å². The van der Waals surface area contributed by atoms with E-state index in [2.05, 4.69) is 10.1 Å². The number of amides is 1. The van der Waals surface area contributed by atoms with Gasteiger partial charge in [0.1, 0.15) is 17.1 Å². The molecule has 7 nitrogen and oxygen atoms in total. The first-order chi connectivity index (χ1) is 16.8. The van der Waals surface area contributed by atoms with Gasteiger partial charge >= 0.3 is 12.6 Å². The number of rotatable bonds is 7. The number of carbonyl (C=O) groups excluding carboxylic acids is 2. The van der Waals surface area contributed by atoms with Gasteiger partial charge in [0, 0.05) is 11.1 Å². The Balaban J connectivity index is 1.56. The van der Waals surface area contributed by atoms with Gasteiger partial charge < -0.3 is 19.2 Å².